The molecule has 40 nitrogen and oxygen atoms in total. The number of carbonyl (C=O) groups is 15. The molecule has 0 spiro atoms. The summed E-state index contributed by atoms with van der Waals surface area (Å²) in [6, 6.07) is -14.8. The number of carboxylic acid groups (broad SMARTS) is 4. The topological polar surface area (TPSA) is 685 Å². The number of nitrogens with two attached hydrogens (primary N) is 8. The third-order valence-corrected chi connectivity index (χ3v) is 15.4. The molecule has 97 heavy (non-hydrogen) atoms. The second kappa shape index (κ2) is 45.0. The lowest BCUT2D eigenvalue weighted by atomic mass is 10.0. The van der Waals surface area contributed by atoms with Gasteiger partial charge in [0.1, 0.15) is 54.4 Å². The predicted octanol–water partition coefficient (Wildman–Crippen LogP) is -8.69. The van der Waals surface area contributed by atoms with Gasteiger partial charge in [0.25, 0.3) is 0 Å². The molecule has 0 aromatic heterocycles. The first-order chi connectivity index (χ1) is 45.9. The van der Waals surface area contributed by atoms with E-state index in [9.17, 15) is 92.3 Å². The van der Waals surface area contributed by atoms with Crippen molar-refractivity contribution in [1.82, 2.24) is 57.7 Å². The highest BCUT2D eigenvalue weighted by molar-refractivity contribution is 6.00. The zero-order chi connectivity index (χ0) is 72.7. The number of carboxylic acids is 4. The van der Waals surface area contributed by atoms with Crippen LogP contribution in [-0.2, 0) is 71.9 Å². The molecule has 2 saturated heterocycles. The Balaban J connectivity index is 2.33. The molecule has 10 atom stereocenters. The van der Waals surface area contributed by atoms with Gasteiger partial charge in [-0.1, -0.05) is 6.42 Å². The van der Waals surface area contributed by atoms with Crippen LogP contribution in [0.15, 0.2) is 9.98 Å². The first-order valence-corrected chi connectivity index (χ1v) is 32.1. The molecule has 0 bridgehead atoms. The number of aliphatic imine (C=N–C) groups is 2. The second-order valence-electron chi connectivity index (χ2n) is 23.2. The van der Waals surface area contributed by atoms with Crippen molar-refractivity contribution in [2.45, 2.75) is 195 Å². The highest BCUT2D eigenvalue weighted by Gasteiger charge is 2.42. The molecule has 0 saturated carbocycles. The predicted molar refractivity (Wildman–Crippen MR) is 345 cm³/mol. The van der Waals surface area contributed by atoms with Gasteiger partial charge in [-0.15, -0.1) is 0 Å². The fraction of sp³-hybridized carbons (Fsp3) is 0.702. The van der Waals surface area contributed by atoms with E-state index >= 15 is 0 Å². The number of aliphatic carboxylic acids is 4. The van der Waals surface area contributed by atoms with E-state index in [1.165, 1.54) is 0 Å². The molecule has 0 aromatic rings. The van der Waals surface area contributed by atoms with Gasteiger partial charge in [-0.2, -0.15) is 0 Å². The van der Waals surface area contributed by atoms with Gasteiger partial charge in [0.05, 0.1) is 32.0 Å². The van der Waals surface area contributed by atoms with Crippen LogP contribution in [0.5, 0.6) is 0 Å². The molecule has 2 fully saturated rings. The quantitative estimate of drug-likeness (QED) is 0.0153. The summed E-state index contributed by atoms with van der Waals surface area (Å²) in [5.41, 5.74) is 44.3. The van der Waals surface area contributed by atoms with Gasteiger partial charge in [-0.25, -0.2) is 4.79 Å². The van der Waals surface area contributed by atoms with Gasteiger partial charge in [0.15, 0.2) is 11.9 Å². The molecule has 0 aromatic carbocycles. The second-order valence-corrected chi connectivity index (χ2v) is 23.2. The fourth-order valence-electron chi connectivity index (χ4n) is 10.4. The molecular weight excluding hydrogens is 1280 g/mol. The van der Waals surface area contributed by atoms with Gasteiger partial charge in [-0.05, 0) is 129 Å². The molecule has 40 heteroatoms. The van der Waals surface area contributed by atoms with Crippen LogP contribution in [0.2, 0.25) is 0 Å². The number of unbranched alkanes of at least 4 members (excludes halogenated alkanes) is 3. The van der Waals surface area contributed by atoms with Crippen LogP contribution in [0.3, 0.4) is 0 Å². The zero-order valence-corrected chi connectivity index (χ0v) is 54.3. The third kappa shape index (κ3) is 32.2. The molecule has 29 N–H and O–H groups in total. The van der Waals surface area contributed by atoms with E-state index < -0.39 is 188 Å². The van der Waals surface area contributed by atoms with E-state index in [2.05, 4.69) is 57.8 Å². The molecule has 2 aliphatic rings. The normalized spacial score (nSPS) is 16.5. The Morgan fingerprint density at radius 3 is 1.20 bits per heavy atom. The maximum atomic E-state index is 14.5. The number of carbonyl (C=O) groups excluding carboxylic acids is 11. The van der Waals surface area contributed by atoms with E-state index in [-0.39, 0.29) is 135 Å². The minimum Gasteiger partial charge on any atom is -0.481 e. The molecule has 2 heterocycles. The molecule has 2 rings (SSSR count). The Morgan fingerprint density at radius 1 is 0.412 bits per heavy atom. The third-order valence-electron chi connectivity index (χ3n) is 15.4. The van der Waals surface area contributed by atoms with Crippen molar-refractivity contribution in [2.75, 3.05) is 58.9 Å². The summed E-state index contributed by atoms with van der Waals surface area (Å²) in [7, 11) is 0. The number of nitrogens with zero attached hydrogens (tertiary/aromatic N) is 4. The van der Waals surface area contributed by atoms with Crippen LogP contribution in [-0.4, -0.2) is 250 Å². The zero-order valence-electron chi connectivity index (χ0n) is 54.3. The van der Waals surface area contributed by atoms with E-state index in [1.54, 1.807) is 0 Å². The van der Waals surface area contributed by atoms with Crippen LogP contribution in [0, 0.1) is 0 Å². The summed E-state index contributed by atoms with van der Waals surface area (Å²) >= 11 is 0. The van der Waals surface area contributed by atoms with Gasteiger partial charge in [0.2, 0.25) is 65.0 Å². The van der Waals surface area contributed by atoms with E-state index in [0.29, 0.717) is 32.2 Å². The number of rotatable bonds is 48. The fourth-order valence-corrected chi connectivity index (χ4v) is 10.4. The maximum absolute atomic E-state index is 14.5. The van der Waals surface area contributed by atoms with E-state index in [0.717, 1.165) is 9.80 Å². The Bertz CT molecular complexity index is 2770. The molecule has 10 unspecified atom stereocenters. The number of amides is 11. The Labute approximate surface area is 559 Å². The number of guanidine groups is 2. The van der Waals surface area contributed by atoms with Crippen molar-refractivity contribution in [3.05, 3.63) is 0 Å². The van der Waals surface area contributed by atoms with Crippen LogP contribution in [0.4, 0.5) is 0 Å². The molecule has 2 aliphatic heterocycles. The van der Waals surface area contributed by atoms with Crippen LogP contribution in [0.1, 0.15) is 135 Å². The van der Waals surface area contributed by atoms with E-state index in [1.807, 2.05) is 0 Å². The Kier molecular flexibility index (Phi) is 38.7. The van der Waals surface area contributed by atoms with Gasteiger partial charge in [-0.3, -0.25) is 77.1 Å². The summed E-state index contributed by atoms with van der Waals surface area (Å²) in [5, 5.41) is 60.3. The van der Waals surface area contributed by atoms with Crippen LogP contribution in [0.25, 0.3) is 0 Å². The number of hydrogen-bond acceptors (Lipinski definition) is 21. The monoisotopic (exact) mass is 1380 g/mol. The summed E-state index contributed by atoms with van der Waals surface area (Å²) in [4.78, 5) is 209. The SMILES string of the molecule is NCCCCC(N)C(=O)NCC(=O)NC(CC(=O)O)C(=O)NC(CCCCN)C(=O)NC(CCC(=O)O)C(=O)N1CCCC1C(=O)NC(CCCCN)C(=O)NCC(=O)NC(CC(=O)O)C(=O)NC(CCCN=C(N)N)C(=O)N1CCCC1C(=O)NC(CCCN=C(N)N)C(=O)O. The van der Waals surface area contributed by atoms with Crippen LogP contribution >= 0.6 is 0 Å². The summed E-state index contributed by atoms with van der Waals surface area (Å²) in [6.45, 7) is -1.06. The average molecular weight is 1380 g/mol. The van der Waals surface area contributed by atoms with Crippen molar-refractivity contribution >= 4 is 101 Å². The molecule has 0 aliphatic carbocycles. The number of hydrogen-bond donors (Lipinski definition) is 21. The minimum atomic E-state index is -1.90. The minimum absolute atomic E-state index is 0.00297. The van der Waals surface area contributed by atoms with Crippen LogP contribution < -0.4 is 93.7 Å². The summed E-state index contributed by atoms with van der Waals surface area (Å²) in [5.74, 6) is -17.0. The van der Waals surface area contributed by atoms with Gasteiger partial charge < -0.3 is 124 Å². The lowest BCUT2D eigenvalue weighted by Crippen LogP contribution is -2.59. The van der Waals surface area contributed by atoms with Crippen molar-refractivity contribution in [3.63, 3.8) is 0 Å². The smallest absolute Gasteiger partial charge is 0.326 e. The highest BCUT2D eigenvalue weighted by Crippen LogP contribution is 2.23. The lowest BCUT2D eigenvalue weighted by molar-refractivity contribution is -0.145. The summed E-state index contributed by atoms with van der Waals surface area (Å²) < 4.78 is 0. The average Bonchev–Trinajstić information content (AvgIpc) is 1.76. The Morgan fingerprint density at radius 2 is 0.784 bits per heavy atom. The van der Waals surface area contributed by atoms with Gasteiger partial charge >= 0.3 is 23.9 Å². The Hall–Kier alpha value is -9.57. The van der Waals surface area contributed by atoms with Crippen molar-refractivity contribution in [2.24, 2.45) is 55.9 Å². The molecule has 0 radical (unpaired) electrons. The molecule has 546 valence electrons. The van der Waals surface area contributed by atoms with Crippen molar-refractivity contribution < 1.29 is 92.3 Å². The number of likely N-dealkylation sites (tertiary alicyclic amines) is 2. The standard InChI is InChI=1S/C57H99N21O19/c58-20-4-1-11-31(61)46(87)68-29-41(79)70-37(27-44(83)84)49(90)72-33(13-3-6-22-60)48(89)75-35(18-19-43(81)82)54(95)78-26-9-16-39(78)51(92)73-32(12-2-5-21-59)47(88)69-30-42(80)71-38(28-45(85)86)50(91)74-34(14-7-23-66-56(62)63)53(94)77-25-10-17-40(77)52(93)76-36(55(96)97)15-8-24-67-57(64)65/h31-40H,1-30,58-61H2,(H,68,87)(H,69,88)(H,70,79)(H,71,80)(H,72,90)(H,73,92)(H,74,91)(H,75,89)(H,76,93)(H,81,82)(H,83,84)(H,85,86)(H,96,97)(H4,62,63,66)(H4,64,65,67). The molecule has 11 amide bonds. The maximum Gasteiger partial charge on any atom is 0.326 e. The lowest BCUT2D eigenvalue weighted by Gasteiger charge is -2.31. The van der Waals surface area contributed by atoms with Crippen molar-refractivity contribution in [1.29, 1.82) is 0 Å². The molecular formula is C57H99N21O19. The summed E-state index contributed by atoms with van der Waals surface area (Å²) in [6.07, 6.45) is -0.544. The van der Waals surface area contributed by atoms with Crippen molar-refractivity contribution in [3.8, 4) is 0 Å². The first-order valence-electron chi connectivity index (χ1n) is 32.1. The van der Waals surface area contributed by atoms with E-state index in [4.69, 9.17) is 45.9 Å². The van der Waals surface area contributed by atoms with Gasteiger partial charge in [0, 0.05) is 32.6 Å². The largest absolute Gasteiger partial charge is 0.481 e. The highest BCUT2D eigenvalue weighted by atomic mass is 16.4. The first kappa shape index (κ1) is 83.5. The number of nitrogens with one attached hydrogen (secondary N) is 9.